The van der Waals surface area contributed by atoms with Crippen LogP contribution < -0.4 is 14.8 Å². The number of hydrogen-bond acceptors (Lipinski definition) is 7. The zero-order chi connectivity index (χ0) is 33.6. The smallest absolute Gasteiger partial charge is 0.255 e. The minimum Gasteiger partial charge on any atom is -0.491 e. The van der Waals surface area contributed by atoms with E-state index in [9.17, 15) is 20.1 Å². The predicted molar refractivity (Wildman–Crippen MR) is 187 cm³/mol. The molecule has 1 amide bonds. The van der Waals surface area contributed by atoms with Crippen LogP contribution in [-0.2, 0) is 26.2 Å². The summed E-state index contributed by atoms with van der Waals surface area (Å²) in [5.41, 5.74) is 4.93. The standard InChI is InChI=1S/C40H42N2O6/c43-26-34-23-38(20-21-39(34)48-28-32-12-6-2-7-13-32)47-29-37(45)25-42(24-31-10-4-1-5-11-31)36(27-44)22-30-16-18-35(19-17-30)41-40(46)33-14-8-3-9-15-33/h1-21,23,36-37,43-45H,22,24-29H2,(H,41,46). The highest BCUT2D eigenvalue weighted by Gasteiger charge is 2.22. The molecule has 48 heavy (non-hydrogen) atoms. The van der Waals surface area contributed by atoms with Crippen LogP contribution in [0.4, 0.5) is 5.69 Å². The van der Waals surface area contributed by atoms with E-state index in [1.807, 2.05) is 103 Å². The number of hydrogen-bond donors (Lipinski definition) is 4. The van der Waals surface area contributed by atoms with Crippen LogP contribution in [0.3, 0.4) is 0 Å². The fraction of sp³-hybridized carbons (Fsp3) is 0.225. The van der Waals surface area contributed by atoms with Crippen molar-refractivity contribution in [3.8, 4) is 11.5 Å². The number of nitrogens with zero attached hydrogens (tertiary/aromatic N) is 1. The Morgan fingerprint density at radius 1 is 0.729 bits per heavy atom. The van der Waals surface area contributed by atoms with Gasteiger partial charge in [0.15, 0.2) is 0 Å². The molecule has 0 aliphatic carbocycles. The van der Waals surface area contributed by atoms with Crippen LogP contribution in [0.15, 0.2) is 133 Å². The minimum absolute atomic E-state index is 0.0222. The maximum Gasteiger partial charge on any atom is 0.255 e. The molecular formula is C40H42N2O6. The third kappa shape index (κ3) is 10.3. The van der Waals surface area contributed by atoms with Gasteiger partial charge in [0.2, 0.25) is 0 Å². The van der Waals surface area contributed by atoms with Crippen LogP contribution in [0.2, 0.25) is 0 Å². The summed E-state index contributed by atoms with van der Waals surface area (Å²) in [5.74, 6) is 0.903. The Kier molecular flexibility index (Phi) is 12.7. The van der Waals surface area contributed by atoms with Gasteiger partial charge >= 0.3 is 0 Å². The van der Waals surface area contributed by atoms with Gasteiger partial charge in [-0.3, -0.25) is 9.69 Å². The average molecular weight is 647 g/mol. The lowest BCUT2D eigenvalue weighted by Crippen LogP contribution is -2.44. The van der Waals surface area contributed by atoms with E-state index in [1.165, 1.54) is 0 Å². The molecule has 2 atom stereocenters. The second-order valence-electron chi connectivity index (χ2n) is 11.6. The molecule has 8 heteroatoms. The van der Waals surface area contributed by atoms with E-state index < -0.39 is 6.10 Å². The Hall–Kier alpha value is -4.99. The molecule has 2 unspecified atom stereocenters. The highest BCUT2D eigenvalue weighted by Crippen LogP contribution is 2.26. The van der Waals surface area contributed by atoms with Gasteiger partial charge in [0.1, 0.15) is 30.8 Å². The van der Waals surface area contributed by atoms with Crippen molar-refractivity contribution in [2.75, 3.05) is 25.1 Å². The highest BCUT2D eigenvalue weighted by atomic mass is 16.5. The summed E-state index contributed by atoms with van der Waals surface area (Å²) in [4.78, 5) is 14.6. The van der Waals surface area contributed by atoms with E-state index in [-0.39, 0.29) is 38.3 Å². The quantitative estimate of drug-likeness (QED) is 0.100. The van der Waals surface area contributed by atoms with Gasteiger partial charge in [-0.15, -0.1) is 0 Å². The molecule has 248 valence electrons. The van der Waals surface area contributed by atoms with E-state index in [0.29, 0.717) is 47.9 Å². The van der Waals surface area contributed by atoms with Crippen molar-refractivity contribution in [1.82, 2.24) is 4.90 Å². The van der Waals surface area contributed by atoms with E-state index in [1.54, 1.807) is 30.3 Å². The van der Waals surface area contributed by atoms with Gasteiger partial charge in [-0.05, 0) is 65.6 Å². The number of aliphatic hydroxyl groups is 3. The van der Waals surface area contributed by atoms with Crippen LogP contribution in [0, 0.1) is 0 Å². The molecule has 5 rings (SSSR count). The van der Waals surface area contributed by atoms with Gasteiger partial charge in [-0.25, -0.2) is 0 Å². The largest absolute Gasteiger partial charge is 0.491 e. The second kappa shape index (κ2) is 17.8. The summed E-state index contributed by atoms with van der Waals surface area (Å²) < 4.78 is 11.9. The number of anilines is 1. The molecule has 5 aromatic carbocycles. The predicted octanol–water partition coefficient (Wildman–Crippen LogP) is 5.86. The molecule has 0 heterocycles. The number of amides is 1. The minimum atomic E-state index is -0.857. The maximum atomic E-state index is 12.6. The van der Waals surface area contributed by atoms with Gasteiger partial charge in [0.25, 0.3) is 5.91 Å². The molecule has 4 N–H and O–H groups in total. The molecule has 0 fully saturated rings. The lowest BCUT2D eigenvalue weighted by molar-refractivity contribution is 0.0335. The summed E-state index contributed by atoms with van der Waals surface area (Å²) >= 11 is 0. The Balaban J connectivity index is 1.20. The zero-order valence-corrected chi connectivity index (χ0v) is 26.8. The monoisotopic (exact) mass is 646 g/mol. The first-order chi connectivity index (χ1) is 23.5. The fourth-order valence-electron chi connectivity index (χ4n) is 5.42. The number of carbonyl (C=O) groups excluding carboxylic acids is 1. The van der Waals surface area contributed by atoms with Crippen molar-refractivity contribution in [1.29, 1.82) is 0 Å². The summed E-state index contributed by atoms with van der Waals surface area (Å²) in [5, 5.41) is 34.5. The second-order valence-corrected chi connectivity index (χ2v) is 11.6. The first kappa shape index (κ1) is 34.3. The van der Waals surface area contributed by atoms with Crippen LogP contribution in [-0.4, -0.2) is 58.0 Å². The van der Waals surface area contributed by atoms with Crippen molar-refractivity contribution in [2.45, 2.75) is 38.3 Å². The molecule has 0 saturated heterocycles. The molecular weight excluding hydrogens is 604 g/mol. The molecule has 0 radical (unpaired) electrons. The van der Waals surface area contributed by atoms with Crippen LogP contribution >= 0.6 is 0 Å². The zero-order valence-electron chi connectivity index (χ0n) is 26.8. The Morgan fingerprint density at radius 2 is 1.38 bits per heavy atom. The van der Waals surface area contributed by atoms with Gasteiger partial charge in [-0.2, -0.15) is 0 Å². The fourth-order valence-corrected chi connectivity index (χ4v) is 5.42. The van der Waals surface area contributed by atoms with Crippen molar-refractivity contribution >= 4 is 11.6 Å². The number of benzene rings is 5. The lowest BCUT2D eigenvalue weighted by atomic mass is 10.0. The van der Waals surface area contributed by atoms with Crippen molar-refractivity contribution in [3.63, 3.8) is 0 Å². The number of rotatable bonds is 17. The number of nitrogens with one attached hydrogen (secondary N) is 1. The van der Waals surface area contributed by atoms with E-state index in [2.05, 4.69) is 10.2 Å². The van der Waals surface area contributed by atoms with Crippen LogP contribution in [0.1, 0.15) is 32.6 Å². The van der Waals surface area contributed by atoms with E-state index in [4.69, 9.17) is 9.47 Å². The highest BCUT2D eigenvalue weighted by molar-refractivity contribution is 6.04. The summed E-state index contributed by atoms with van der Waals surface area (Å²) in [6.07, 6.45) is -0.321. The molecule has 5 aromatic rings. The molecule has 0 spiro atoms. The van der Waals surface area contributed by atoms with E-state index in [0.717, 1.165) is 16.7 Å². The van der Waals surface area contributed by atoms with Crippen molar-refractivity contribution in [3.05, 3.63) is 161 Å². The summed E-state index contributed by atoms with van der Waals surface area (Å²) in [6, 6.07) is 41.3. The first-order valence-corrected chi connectivity index (χ1v) is 16.1. The lowest BCUT2D eigenvalue weighted by Gasteiger charge is -2.32. The van der Waals surface area contributed by atoms with Crippen molar-refractivity contribution < 1.29 is 29.6 Å². The number of aliphatic hydroxyl groups excluding tert-OH is 3. The Bertz CT molecular complexity index is 1680. The number of carbonyl (C=O) groups is 1. The van der Waals surface area contributed by atoms with Gasteiger partial charge in [0.05, 0.1) is 13.2 Å². The first-order valence-electron chi connectivity index (χ1n) is 16.1. The molecule has 0 aliphatic rings. The Labute approximate surface area is 281 Å². The average Bonchev–Trinajstić information content (AvgIpc) is 3.14. The SMILES string of the molecule is O=C(Nc1ccc(CC(CO)N(Cc2ccccc2)CC(O)COc2ccc(OCc3ccccc3)c(CO)c2)cc1)c1ccccc1. The van der Waals surface area contributed by atoms with Gasteiger partial charge in [-0.1, -0.05) is 91.0 Å². The molecule has 0 bridgehead atoms. The number of ether oxygens (including phenoxy) is 2. The van der Waals surface area contributed by atoms with Crippen LogP contribution in [0.25, 0.3) is 0 Å². The van der Waals surface area contributed by atoms with Gasteiger partial charge < -0.3 is 30.1 Å². The Morgan fingerprint density at radius 3 is 2.02 bits per heavy atom. The van der Waals surface area contributed by atoms with Crippen molar-refractivity contribution in [2.24, 2.45) is 0 Å². The normalized spacial score (nSPS) is 12.3. The van der Waals surface area contributed by atoms with Crippen LogP contribution in [0.5, 0.6) is 11.5 Å². The third-order valence-corrected chi connectivity index (χ3v) is 8.00. The van der Waals surface area contributed by atoms with Gasteiger partial charge in [0, 0.05) is 35.9 Å². The topological polar surface area (TPSA) is 111 Å². The molecule has 0 saturated carbocycles. The maximum absolute atomic E-state index is 12.6. The molecule has 0 aliphatic heterocycles. The third-order valence-electron chi connectivity index (χ3n) is 8.00. The summed E-state index contributed by atoms with van der Waals surface area (Å²) in [6.45, 7) is 0.858. The van der Waals surface area contributed by atoms with E-state index >= 15 is 0 Å². The summed E-state index contributed by atoms with van der Waals surface area (Å²) in [7, 11) is 0. The molecule has 8 nitrogen and oxygen atoms in total. The molecule has 0 aromatic heterocycles.